The van der Waals surface area contributed by atoms with Crippen molar-refractivity contribution < 1.29 is 46.5 Å². The molecule has 5 N–H and O–H groups in total. The molecule has 118 heavy (non-hydrogen) atoms. The molecule has 1 heterocycles. The Morgan fingerprint density at radius 3 is 1.01 bits per heavy atom. The Morgan fingerprint density at radius 2 is 0.678 bits per heavy atom. The normalized spacial score (nSPS) is 19.4. The zero-order valence-electron chi connectivity index (χ0n) is 69.4. The number of nitrogens with zero attached hydrogens (tertiary/aromatic N) is 1. The summed E-state index contributed by atoms with van der Waals surface area (Å²) in [5.41, 5.74) is 17.7. The minimum atomic E-state index is -3.37. The van der Waals surface area contributed by atoms with E-state index in [2.05, 4.69) is 110 Å². The number of ether oxygens (including phenoxy) is 5. The molecule has 0 spiro atoms. The number of hydrogen-bond donors (Lipinski definition) is 4. The van der Waals surface area contributed by atoms with Crippen molar-refractivity contribution in [1.29, 1.82) is 5.26 Å². The van der Waals surface area contributed by atoms with E-state index in [9.17, 15) is 8.42 Å². The van der Waals surface area contributed by atoms with Gasteiger partial charge in [0.2, 0.25) is 0 Å². The number of aliphatic hydroxyl groups is 2. The van der Waals surface area contributed by atoms with Gasteiger partial charge in [0.1, 0.15) is 67.9 Å². The van der Waals surface area contributed by atoms with E-state index < -0.39 is 10.1 Å². The van der Waals surface area contributed by atoms with Crippen LogP contribution in [-0.4, -0.2) is 51.3 Å². The standard InChI is InChI=1S/C20H24O4S.C19H22O2.C18H21NO2.C18H19NO.C14H11NO.5C2H6.5CH4/c1-20(14-17(20)12-13-24-25(2,21)22)18-10-6-7-11-19(18)23-15-16-8-4-3-5-9-16;1-19(13-16(19)11-12-20)17-9-5-6-10-18(17)21-14-15-7-3-2-4-8-15;19-18(12-15(18)10-11-20)16-8-4-5-9-17(16)21-13-14-6-2-1-3-7-14;1-2-6-14(7-3-1)13-20-17-9-5-4-8-16(17)18-12-15(18)10-11-19-18;15-10-13-8-4-5-9-14(13)16-11-12-6-2-1-3-7-12;5*1-2;;;;;/h3-11,17H,12-15H2,1-2H3;2-10,16,20H,11-14H2,1H3;1-9,15,20H,10-13,19H2;1-9,15,19H,10-13H2;1-9H,11H2;5*1-2H3;5*1H4. The molecule has 4 saturated carbocycles. The van der Waals surface area contributed by atoms with Crippen molar-refractivity contribution in [2.45, 2.75) is 227 Å². The molecular formula is C104H147N3O10S. The van der Waals surface area contributed by atoms with Crippen LogP contribution in [0.3, 0.4) is 0 Å². The van der Waals surface area contributed by atoms with Gasteiger partial charge in [-0.1, -0.05) is 357 Å². The topological polar surface area (TPSA) is 192 Å². The van der Waals surface area contributed by atoms with Crippen LogP contribution in [0.5, 0.6) is 28.7 Å². The third kappa shape index (κ3) is 32.0. The number of piperidine rings is 1. The average Bonchev–Trinajstić information content (AvgIpc) is 1.56. The Labute approximate surface area is 714 Å². The maximum Gasteiger partial charge on any atom is 0.264 e. The second-order valence-corrected chi connectivity index (χ2v) is 29.6. The quantitative estimate of drug-likeness (QED) is 0.0356. The number of nitrogens with two attached hydrogens (primary N) is 1. The molecule has 8 atom stereocenters. The van der Waals surface area contributed by atoms with E-state index in [0.29, 0.717) is 62.1 Å². The Kier molecular flexibility index (Phi) is 50.5. The molecule has 15 rings (SSSR count). The molecule has 8 unspecified atom stereocenters. The number of para-hydroxylation sites is 5. The van der Waals surface area contributed by atoms with Crippen molar-refractivity contribution in [2.24, 2.45) is 29.4 Å². The second-order valence-electron chi connectivity index (χ2n) is 28.0. The van der Waals surface area contributed by atoms with E-state index in [1.54, 1.807) is 6.07 Å². The van der Waals surface area contributed by atoms with Crippen molar-refractivity contribution in [2.75, 3.05) is 32.6 Å². The summed E-state index contributed by atoms with van der Waals surface area (Å²) in [6, 6.07) is 93.0. The number of hydrogen-bond acceptors (Lipinski definition) is 13. The van der Waals surface area contributed by atoms with Crippen molar-refractivity contribution in [1.82, 2.24) is 5.32 Å². The first-order chi connectivity index (χ1) is 55.1. The van der Waals surface area contributed by atoms with Crippen LogP contribution in [0.1, 0.15) is 227 Å². The predicted octanol–water partition coefficient (Wildman–Crippen LogP) is 25.6. The second kappa shape index (κ2) is 56.0. The molecule has 4 aliphatic carbocycles. The summed E-state index contributed by atoms with van der Waals surface area (Å²) in [4.78, 5) is 0. The Bertz CT molecular complexity index is 4330. The summed E-state index contributed by atoms with van der Waals surface area (Å²) in [6.07, 6.45) is 9.09. The first-order valence-corrected chi connectivity index (χ1v) is 42.8. The molecule has 5 fully saturated rings. The van der Waals surface area contributed by atoms with Crippen molar-refractivity contribution in [3.8, 4) is 34.8 Å². The van der Waals surface area contributed by atoms with E-state index in [1.807, 2.05) is 251 Å². The summed E-state index contributed by atoms with van der Waals surface area (Å²) in [7, 11) is -3.37. The van der Waals surface area contributed by atoms with Gasteiger partial charge in [0, 0.05) is 41.0 Å². The number of aliphatic hydroxyl groups excluding tert-OH is 2. The largest absolute Gasteiger partial charge is 0.489 e. The lowest BCUT2D eigenvalue weighted by molar-refractivity contribution is 0.272. The molecule has 0 amide bonds. The fraction of sp³-hybridized carbons (Fsp3) is 0.413. The van der Waals surface area contributed by atoms with E-state index in [4.69, 9.17) is 49.1 Å². The Morgan fingerprint density at radius 1 is 0.390 bits per heavy atom. The van der Waals surface area contributed by atoms with Gasteiger partial charge >= 0.3 is 0 Å². The third-order valence-electron chi connectivity index (χ3n) is 20.7. The van der Waals surface area contributed by atoms with Crippen LogP contribution >= 0.6 is 0 Å². The minimum Gasteiger partial charge on any atom is -0.489 e. The van der Waals surface area contributed by atoms with Gasteiger partial charge in [-0.2, -0.15) is 13.7 Å². The summed E-state index contributed by atoms with van der Waals surface area (Å²) in [6.45, 7) is 29.1. The molecule has 0 bridgehead atoms. The van der Waals surface area contributed by atoms with Crippen molar-refractivity contribution >= 4 is 10.1 Å². The molecule has 644 valence electrons. The molecule has 10 aromatic rings. The average molecular weight is 1630 g/mol. The zero-order chi connectivity index (χ0) is 82.0. The van der Waals surface area contributed by atoms with Crippen molar-refractivity contribution in [3.63, 3.8) is 0 Å². The molecule has 0 aromatic heterocycles. The van der Waals surface area contributed by atoms with Crippen LogP contribution < -0.4 is 34.7 Å². The Balaban J connectivity index is 0.000000713. The lowest BCUT2D eigenvalue weighted by Gasteiger charge is -2.19. The minimum absolute atomic E-state index is 0. The maximum absolute atomic E-state index is 11.1. The number of nitriles is 1. The first kappa shape index (κ1) is 106. The lowest BCUT2D eigenvalue weighted by Crippen LogP contribution is -2.26. The zero-order valence-corrected chi connectivity index (χ0v) is 70.2. The third-order valence-corrected chi connectivity index (χ3v) is 21.3. The van der Waals surface area contributed by atoms with E-state index in [-0.39, 0.29) is 78.9 Å². The van der Waals surface area contributed by atoms with Gasteiger partial charge in [0.15, 0.2) is 0 Å². The number of fused-ring (bicyclic) bond motifs is 1. The number of nitrogens with one attached hydrogen (secondary N) is 1. The van der Waals surface area contributed by atoms with E-state index in [0.717, 1.165) is 102 Å². The van der Waals surface area contributed by atoms with E-state index in [1.165, 1.54) is 40.7 Å². The van der Waals surface area contributed by atoms with Crippen LogP contribution in [-0.2, 0) is 69.2 Å². The summed E-state index contributed by atoms with van der Waals surface area (Å²) in [5, 5.41) is 30.8. The highest BCUT2D eigenvalue weighted by Crippen LogP contribution is 2.61. The smallest absolute Gasteiger partial charge is 0.264 e. The SMILES string of the molecule is C.C.C.C.C.CC.CC.CC.CC.CC.CC1(c2ccccc2OCc2ccccc2)CC1CCO.CC1(c2ccccc2OCc2ccccc2)CC1CCOS(C)(=O)=O.N#Cc1ccccc1OCc1ccccc1.NC1(c2ccccc2OCc2ccccc2)CC1CCO.c1ccc(COc2ccccc2C23CC2CCN3)cc1. The molecule has 13 nitrogen and oxygen atoms in total. The van der Waals surface area contributed by atoms with Gasteiger partial charge in [0.25, 0.3) is 10.1 Å². The van der Waals surface area contributed by atoms with Crippen LogP contribution in [0.4, 0.5) is 0 Å². The molecule has 10 aromatic carbocycles. The monoisotopic (exact) mass is 1630 g/mol. The fourth-order valence-electron chi connectivity index (χ4n) is 14.3. The van der Waals surface area contributed by atoms with Crippen molar-refractivity contribution in [3.05, 3.63) is 329 Å². The molecule has 14 heteroatoms. The van der Waals surface area contributed by atoms with Gasteiger partial charge in [-0.05, 0) is 157 Å². The predicted molar refractivity (Wildman–Crippen MR) is 497 cm³/mol. The Hall–Kier alpha value is -9.56. The van der Waals surface area contributed by atoms with Crippen LogP contribution in [0.2, 0.25) is 0 Å². The summed E-state index contributed by atoms with van der Waals surface area (Å²) < 4.78 is 56.9. The van der Waals surface area contributed by atoms with Gasteiger partial charge in [0.05, 0.1) is 24.0 Å². The van der Waals surface area contributed by atoms with E-state index >= 15 is 0 Å². The lowest BCUT2D eigenvalue weighted by atomic mass is 9.93. The highest BCUT2D eigenvalue weighted by molar-refractivity contribution is 7.86. The maximum atomic E-state index is 11.1. The first-order valence-electron chi connectivity index (χ1n) is 41.0. The van der Waals surface area contributed by atoms with Gasteiger partial charge in [-0.3, -0.25) is 4.18 Å². The van der Waals surface area contributed by atoms with Crippen LogP contribution in [0, 0.1) is 35.0 Å². The molecule has 1 saturated heterocycles. The van der Waals surface area contributed by atoms with Gasteiger partial charge in [-0.25, -0.2) is 0 Å². The molecular weight excluding hydrogens is 1480 g/mol. The van der Waals surface area contributed by atoms with Gasteiger partial charge in [-0.15, -0.1) is 0 Å². The van der Waals surface area contributed by atoms with Crippen LogP contribution in [0.25, 0.3) is 0 Å². The van der Waals surface area contributed by atoms with Crippen LogP contribution in [0.15, 0.2) is 273 Å². The molecule has 1 aliphatic heterocycles. The number of benzene rings is 10. The summed E-state index contributed by atoms with van der Waals surface area (Å²) >= 11 is 0. The highest BCUT2D eigenvalue weighted by atomic mass is 32.2. The molecule has 0 radical (unpaired) electrons. The number of rotatable bonds is 27. The fourth-order valence-corrected chi connectivity index (χ4v) is 14.7. The highest BCUT2D eigenvalue weighted by Gasteiger charge is 2.59. The molecule has 5 aliphatic rings. The summed E-state index contributed by atoms with van der Waals surface area (Å²) in [5.74, 6) is 6.55. The van der Waals surface area contributed by atoms with Gasteiger partial charge < -0.3 is 44.9 Å².